The lowest BCUT2D eigenvalue weighted by molar-refractivity contribution is 0.306. The van der Waals surface area contributed by atoms with E-state index in [1.54, 1.807) is 0 Å². The molecule has 0 saturated heterocycles. The summed E-state index contributed by atoms with van der Waals surface area (Å²) in [6.45, 7) is 0.863. The molecule has 0 aliphatic heterocycles. The van der Waals surface area contributed by atoms with Gasteiger partial charge in [-0.05, 0) is 42.0 Å². The quantitative estimate of drug-likeness (QED) is 0.870. The molecule has 2 aromatic carbocycles. The summed E-state index contributed by atoms with van der Waals surface area (Å²) >= 11 is 5.91. The minimum absolute atomic E-state index is 0.368. The summed E-state index contributed by atoms with van der Waals surface area (Å²) in [7, 11) is 0. The normalized spacial score (nSPS) is 9.58. The third kappa shape index (κ3) is 4.33. The Hall–Kier alpha value is -1.95. The van der Waals surface area contributed by atoms with Gasteiger partial charge in [-0.25, -0.2) is 0 Å². The van der Waals surface area contributed by atoms with Gasteiger partial charge in [0, 0.05) is 10.6 Å². The van der Waals surface area contributed by atoms with Crippen LogP contribution in [0.3, 0.4) is 0 Å². The van der Waals surface area contributed by atoms with Gasteiger partial charge < -0.3 is 10.5 Å². The zero-order valence-electron chi connectivity index (χ0n) is 10.4. The van der Waals surface area contributed by atoms with Crippen LogP contribution in [0.25, 0.3) is 0 Å². The number of rotatable bonds is 3. The Morgan fingerprint density at radius 1 is 1.11 bits per heavy atom. The summed E-state index contributed by atoms with van der Waals surface area (Å²) in [4.78, 5) is 0. The first-order chi connectivity index (χ1) is 9.28. The van der Waals surface area contributed by atoms with Crippen molar-refractivity contribution in [2.24, 2.45) is 5.73 Å². The summed E-state index contributed by atoms with van der Waals surface area (Å²) in [5.74, 6) is 6.58. The van der Waals surface area contributed by atoms with E-state index in [-0.39, 0.29) is 0 Å². The molecule has 0 amide bonds. The highest BCUT2D eigenvalue weighted by atomic mass is 35.5. The first-order valence-electron chi connectivity index (χ1n) is 5.94. The maximum absolute atomic E-state index is 5.91. The maximum atomic E-state index is 5.91. The van der Waals surface area contributed by atoms with E-state index in [4.69, 9.17) is 22.1 Å². The van der Waals surface area contributed by atoms with Crippen LogP contribution in [0.5, 0.6) is 5.75 Å². The number of benzene rings is 2. The molecular formula is C16H14ClNO. The van der Waals surface area contributed by atoms with Crippen molar-refractivity contribution in [1.82, 2.24) is 0 Å². The van der Waals surface area contributed by atoms with Crippen molar-refractivity contribution >= 4 is 11.6 Å². The van der Waals surface area contributed by atoms with E-state index in [9.17, 15) is 0 Å². The van der Waals surface area contributed by atoms with Crippen molar-refractivity contribution in [3.63, 3.8) is 0 Å². The van der Waals surface area contributed by atoms with E-state index < -0.39 is 0 Å². The number of hydrogen-bond donors (Lipinski definition) is 1. The van der Waals surface area contributed by atoms with Crippen LogP contribution in [0.1, 0.15) is 11.1 Å². The highest BCUT2D eigenvalue weighted by Gasteiger charge is 1.97. The van der Waals surface area contributed by atoms with Gasteiger partial charge in [-0.3, -0.25) is 0 Å². The lowest BCUT2D eigenvalue weighted by Gasteiger charge is -2.06. The Labute approximate surface area is 118 Å². The molecule has 3 heteroatoms. The first-order valence-corrected chi connectivity index (χ1v) is 6.32. The molecule has 0 saturated carbocycles. The van der Waals surface area contributed by atoms with Crippen molar-refractivity contribution < 1.29 is 4.74 Å². The Kier molecular flexibility index (Phi) is 4.85. The topological polar surface area (TPSA) is 35.2 Å². The second-order valence-electron chi connectivity index (χ2n) is 3.95. The molecule has 2 aromatic rings. The molecule has 19 heavy (non-hydrogen) atoms. The van der Waals surface area contributed by atoms with Crippen LogP contribution in [-0.4, -0.2) is 6.54 Å². The van der Waals surface area contributed by atoms with Crippen LogP contribution in [0.2, 0.25) is 5.02 Å². The van der Waals surface area contributed by atoms with Crippen LogP contribution in [0.4, 0.5) is 0 Å². The molecule has 0 unspecified atom stereocenters. The molecule has 2 nitrogen and oxygen atoms in total. The van der Waals surface area contributed by atoms with Gasteiger partial charge in [0.25, 0.3) is 0 Å². The second kappa shape index (κ2) is 6.84. The SMILES string of the molecule is NCC#Cc1ccc(OCc2cccc(Cl)c2)cc1. The fourth-order valence-corrected chi connectivity index (χ4v) is 1.79. The van der Waals surface area contributed by atoms with Gasteiger partial charge in [-0.1, -0.05) is 35.6 Å². The Morgan fingerprint density at radius 3 is 2.58 bits per heavy atom. The molecule has 0 radical (unpaired) electrons. The largest absolute Gasteiger partial charge is 0.489 e. The summed E-state index contributed by atoms with van der Waals surface area (Å²) in [5.41, 5.74) is 7.29. The molecule has 96 valence electrons. The summed E-state index contributed by atoms with van der Waals surface area (Å²) in [6.07, 6.45) is 0. The summed E-state index contributed by atoms with van der Waals surface area (Å²) in [5, 5.41) is 0.716. The van der Waals surface area contributed by atoms with Crippen LogP contribution in [-0.2, 0) is 6.61 Å². The van der Waals surface area contributed by atoms with Crippen LogP contribution >= 0.6 is 11.6 Å². The number of hydrogen-bond acceptors (Lipinski definition) is 2. The molecule has 2 N–H and O–H groups in total. The average molecular weight is 272 g/mol. The van der Waals surface area contributed by atoms with E-state index in [2.05, 4.69) is 11.8 Å². The van der Waals surface area contributed by atoms with Gasteiger partial charge in [0.15, 0.2) is 0 Å². The van der Waals surface area contributed by atoms with Gasteiger partial charge in [0.05, 0.1) is 6.54 Å². The van der Waals surface area contributed by atoms with Crippen LogP contribution < -0.4 is 10.5 Å². The number of ether oxygens (including phenoxy) is 1. The van der Waals surface area contributed by atoms with E-state index in [0.29, 0.717) is 18.2 Å². The van der Waals surface area contributed by atoms with Crippen molar-refractivity contribution in [3.8, 4) is 17.6 Å². The van der Waals surface area contributed by atoms with Crippen molar-refractivity contribution in [3.05, 3.63) is 64.7 Å². The van der Waals surface area contributed by atoms with Crippen LogP contribution in [0, 0.1) is 11.8 Å². The van der Waals surface area contributed by atoms with Gasteiger partial charge in [0.2, 0.25) is 0 Å². The molecule has 0 heterocycles. The highest BCUT2D eigenvalue weighted by molar-refractivity contribution is 6.30. The maximum Gasteiger partial charge on any atom is 0.119 e. The van der Waals surface area contributed by atoms with E-state index in [1.165, 1.54) is 0 Å². The van der Waals surface area contributed by atoms with Crippen molar-refractivity contribution in [1.29, 1.82) is 0 Å². The Balaban J connectivity index is 1.96. The predicted octanol–water partition coefficient (Wildman–Crippen LogP) is 3.23. The predicted molar refractivity (Wildman–Crippen MR) is 78.2 cm³/mol. The molecule has 2 rings (SSSR count). The molecule has 0 bridgehead atoms. The van der Waals surface area contributed by atoms with Gasteiger partial charge >= 0.3 is 0 Å². The second-order valence-corrected chi connectivity index (χ2v) is 4.39. The number of halogens is 1. The Bertz CT molecular complexity index is 596. The minimum atomic E-state index is 0.368. The fraction of sp³-hybridized carbons (Fsp3) is 0.125. The van der Waals surface area contributed by atoms with E-state index in [1.807, 2.05) is 48.5 Å². The highest BCUT2D eigenvalue weighted by Crippen LogP contribution is 2.16. The summed E-state index contributed by atoms with van der Waals surface area (Å²) in [6, 6.07) is 15.2. The third-order valence-electron chi connectivity index (χ3n) is 2.48. The standard InChI is InChI=1S/C16H14ClNO/c17-15-5-1-3-14(11-15)12-19-16-8-6-13(7-9-16)4-2-10-18/h1,3,5-9,11H,10,12,18H2. The summed E-state index contributed by atoms with van der Waals surface area (Å²) < 4.78 is 5.67. The average Bonchev–Trinajstić information content (AvgIpc) is 2.44. The molecule has 0 fully saturated rings. The molecule has 0 aliphatic rings. The first kappa shape index (κ1) is 13.5. The van der Waals surface area contributed by atoms with Crippen molar-refractivity contribution in [2.45, 2.75) is 6.61 Å². The molecule has 0 spiro atoms. The van der Waals surface area contributed by atoms with E-state index in [0.717, 1.165) is 16.9 Å². The number of nitrogens with two attached hydrogens (primary N) is 1. The minimum Gasteiger partial charge on any atom is -0.489 e. The Morgan fingerprint density at radius 2 is 1.89 bits per heavy atom. The van der Waals surface area contributed by atoms with Gasteiger partial charge in [-0.2, -0.15) is 0 Å². The zero-order chi connectivity index (χ0) is 13.5. The fourth-order valence-electron chi connectivity index (χ4n) is 1.58. The lowest BCUT2D eigenvalue weighted by atomic mass is 10.2. The third-order valence-corrected chi connectivity index (χ3v) is 2.72. The monoisotopic (exact) mass is 271 g/mol. The molecule has 0 aliphatic carbocycles. The van der Waals surface area contributed by atoms with E-state index >= 15 is 0 Å². The molecular weight excluding hydrogens is 258 g/mol. The van der Waals surface area contributed by atoms with Gasteiger partial charge in [0.1, 0.15) is 12.4 Å². The smallest absolute Gasteiger partial charge is 0.119 e. The zero-order valence-corrected chi connectivity index (χ0v) is 11.2. The molecule has 0 atom stereocenters. The molecule has 0 aromatic heterocycles. The van der Waals surface area contributed by atoms with Crippen LogP contribution in [0.15, 0.2) is 48.5 Å². The van der Waals surface area contributed by atoms with Gasteiger partial charge in [-0.15, -0.1) is 0 Å². The van der Waals surface area contributed by atoms with Crippen molar-refractivity contribution in [2.75, 3.05) is 6.54 Å². The lowest BCUT2D eigenvalue weighted by Crippen LogP contribution is -1.95.